The summed E-state index contributed by atoms with van der Waals surface area (Å²) in [7, 11) is 1.94. The summed E-state index contributed by atoms with van der Waals surface area (Å²) < 4.78 is 0. The average Bonchev–Trinajstić information content (AvgIpc) is 2.48. The van der Waals surface area contributed by atoms with Gasteiger partial charge in [-0.3, -0.25) is 14.7 Å². The lowest BCUT2D eigenvalue weighted by atomic mass is 10.0. The lowest BCUT2D eigenvalue weighted by Gasteiger charge is -2.27. The standard InChI is InChI=1S/C16H18ClN3O/c1-20(11-14-13(17)8-5-9-19-14)15(10-16(18)21)12-6-3-2-4-7-12/h2-9,15H,10-11H2,1H3,(H2,18,21). The van der Waals surface area contributed by atoms with Gasteiger partial charge in [-0.15, -0.1) is 0 Å². The molecule has 1 atom stereocenters. The number of hydrogen-bond acceptors (Lipinski definition) is 3. The molecule has 2 N–H and O–H groups in total. The summed E-state index contributed by atoms with van der Waals surface area (Å²) in [6, 6.07) is 13.3. The summed E-state index contributed by atoms with van der Waals surface area (Å²) in [6.07, 6.45) is 1.96. The molecule has 4 nitrogen and oxygen atoms in total. The number of pyridine rings is 1. The van der Waals surface area contributed by atoms with Crippen molar-refractivity contribution in [3.63, 3.8) is 0 Å². The van der Waals surface area contributed by atoms with Crippen LogP contribution in [0, 0.1) is 0 Å². The smallest absolute Gasteiger partial charge is 0.219 e. The molecule has 5 heteroatoms. The molecule has 2 aromatic rings. The Bertz CT molecular complexity index is 603. The van der Waals surface area contributed by atoms with E-state index in [1.54, 1.807) is 12.3 Å². The van der Waals surface area contributed by atoms with E-state index in [-0.39, 0.29) is 18.4 Å². The van der Waals surface area contributed by atoms with Gasteiger partial charge < -0.3 is 5.73 Å². The Balaban J connectivity index is 2.20. The van der Waals surface area contributed by atoms with Gasteiger partial charge in [0.05, 0.1) is 10.7 Å². The molecule has 0 radical (unpaired) electrons. The van der Waals surface area contributed by atoms with Crippen molar-refractivity contribution in [3.8, 4) is 0 Å². The zero-order chi connectivity index (χ0) is 15.2. The molecule has 0 spiro atoms. The van der Waals surface area contributed by atoms with E-state index >= 15 is 0 Å². The van der Waals surface area contributed by atoms with Gasteiger partial charge in [-0.1, -0.05) is 41.9 Å². The van der Waals surface area contributed by atoms with Crippen LogP contribution in [0.2, 0.25) is 5.02 Å². The summed E-state index contributed by atoms with van der Waals surface area (Å²) in [6.45, 7) is 0.548. The highest BCUT2D eigenvalue weighted by Crippen LogP contribution is 2.25. The Morgan fingerprint density at radius 1 is 1.29 bits per heavy atom. The average molecular weight is 304 g/mol. The highest BCUT2D eigenvalue weighted by atomic mass is 35.5. The first-order valence-corrected chi connectivity index (χ1v) is 7.08. The molecule has 0 bridgehead atoms. The highest BCUT2D eigenvalue weighted by molar-refractivity contribution is 6.31. The topological polar surface area (TPSA) is 59.2 Å². The second-order valence-corrected chi connectivity index (χ2v) is 5.35. The van der Waals surface area contributed by atoms with Gasteiger partial charge in [0, 0.05) is 25.2 Å². The molecule has 2 rings (SSSR count). The van der Waals surface area contributed by atoms with Crippen LogP contribution in [0.5, 0.6) is 0 Å². The molecule has 0 saturated carbocycles. The number of hydrogen-bond donors (Lipinski definition) is 1. The quantitative estimate of drug-likeness (QED) is 0.892. The third kappa shape index (κ3) is 4.28. The molecule has 0 aliphatic carbocycles. The summed E-state index contributed by atoms with van der Waals surface area (Å²) in [5, 5.41) is 0.621. The number of amides is 1. The maximum atomic E-state index is 11.4. The van der Waals surface area contributed by atoms with Gasteiger partial charge in [0.15, 0.2) is 0 Å². The van der Waals surface area contributed by atoms with Gasteiger partial charge >= 0.3 is 0 Å². The molecule has 0 aliphatic heterocycles. The van der Waals surface area contributed by atoms with Crippen LogP contribution in [0.4, 0.5) is 0 Å². The van der Waals surface area contributed by atoms with Crippen molar-refractivity contribution in [2.45, 2.75) is 19.0 Å². The lowest BCUT2D eigenvalue weighted by Crippen LogP contribution is -2.29. The second kappa shape index (κ2) is 7.20. The fourth-order valence-electron chi connectivity index (χ4n) is 2.28. The van der Waals surface area contributed by atoms with E-state index in [1.807, 2.05) is 48.3 Å². The zero-order valence-electron chi connectivity index (χ0n) is 11.9. The van der Waals surface area contributed by atoms with Crippen molar-refractivity contribution >= 4 is 17.5 Å². The number of aromatic nitrogens is 1. The summed E-state index contributed by atoms with van der Waals surface area (Å²) >= 11 is 6.14. The van der Waals surface area contributed by atoms with Gasteiger partial charge in [0.2, 0.25) is 5.91 Å². The van der Waals surface area contributed by atoms with Crippen molar-refractivity contribution in [2.24, 2.45) is 5.73 Å². The van der Waals surface area contributed by atoms with Crippen LogP contribution in [0.3, 0.4) is 0 Å². The first-order chi connectivity index (χ1) is 10.1. The Labute approximate surface area is 129 Å². The lowest BCUT2D eigenvalue weighted by molar-refractivity contribution is -0.119. The van der Waals surface area contributed by atoms with E-state index in [9.17, 15) is 4.79 Å². The number of nitrogens with zero attached hydrogens (tertiary/aromatic N) is 2. The van der Waals surface area contributed by atoms with Crippen LogP contribution in [0.15, 0.2) is 48.7 Å². The first kappa shape index (κ1) is 15.5. The Hall–Kier alpha value is -1.91. The van der Waals surface area contributed by atoms with Gasteiger partial charge in [0.25, 0.3) is 0 Å². The molecule has 1 amide bonds. The first-order valence-electron chi connectivity index (χ1n) is 6.71. The molecule has 1 unspecified atom stereocenters. The maximum Gasteiger partial charge on any atom is 0.219 e. The summed E-state index contributed by atoms with van der Waals surface area (Å²) in [4.78, 5) is 17.7. The molecule has 0 aliphatic rings. The molecule has 1 aromatic carbocycles. The fourth-order valence-corrected chi connectivity index (χ4v) is 2.46. The van der Waals surface area contributed by atoms with E-state index < -0.39 is 0 Å². The minimum absolute atomic E-state index is 0.0956. The predicted octanol–water partition coefficient (Wildman–Crippen LogP) is 2.78. The molecular weight excluding hydrogens is 286 g/mol. The van der Waals surface area contributed by atoms with Crippen molar-refractivity contribution in [2.75, 3.05) is 7.05 Å². The van der Waals surface area contributed by atoms with Crippen LogP contribution in [0.1, 0.15) is 23.7 Å². The van der Waals surface area contributed by atoms with E-state index in [4.69, 9.17) is 17.3 Å². The molecule has 110 valence electrons. The normalized spacial score (nSPS) is 12.3. The SMILES string of the molecule is CN(Cc1ncccc1Cl)C(CC(N)=O)c1ccccc1. The van der Waals surface area contributed by atoms with Crippen LogP contribution in [-0.2, 0) is 11.3 Å². The fraction of sp³-hybridized carbons (Fsp3) is 0.250. The molecule has 1 aromatic heterocycles. The van der Waals surface area contributed by atoms with E-state index in [0.29, 0.717) is 11.6 Å². The van der Waals surface area contributed by atoms with Crippen molar-refractivity contribution < 1.29 is 4.79 Å². The monoisotopic (exact) mass is 303 g/mol. The number of primary amides is 1. The summed E-state index contributed by atoms with van der Waals surface area (Å²) in [5.41, 5.74) is 7.22. The Kier molecular flexibility index (Phi) is 5.31. The third-order valence-corrected chi connectivity index (χ3v) is 3.69. The van der Waals surface area contributed by atoms with Crippen molar-refractivity contribution in [1.82, 2.24) is 9.88 Å². The minimum Gasteiger partial charge on any atom is -0.370 e. The second-order valence-electron chi connectivity index (χ2n) is 4.94. The number of rotatable bonds is 6. The molecular formula is C16H18ClN3O. The van der Waals surface area contributed by atoms with E-state index in [0.717, 1.165) is 11.3 Å². The molecule has 1 heterocycles. The van der Waals surface area contributed by atoms with Gasteiger partial charge in [0.1, 0.15) is 0 Å². The van der Waals surface area contributed by atoms with Crippen LogP contribution < -0.4 is 5.73 Å². The largest absolute Gasteiger partial charge is 0.370 e. The van der Waals surface area contributed by atoms with Crippen LogP contribution in [-0.4, -0.2) is 22.8 Å². The van der Waals surface area contributed by atoms with E-state index in [1.165, 1.54) is 0 Å². The van der Waals surface area contributed by atoms with Crippen LogP contribution in [0.25, 0.3) is 0 Å². The Morgan fingerprint density at radius 2 is 2.00 bits per heavy atom. The minimum atomic E-state index is -0.331. The maximum absolute atomic E-state index is 11.4. The van der Waals surface area contributed by atoms with Crippen LogP contribution >= 0.6 is 11.6 Å². The van der Waals surface area contributed by atoms with Gasteiger partial charge in [-0.05, 0) is 24.7 Å². The van der Waals surface area contributed by atoms with Gasteiger partial charge in [-0.25, -0.2) is 0 Å². The molecule has 21 heavy (non-hydrogen) atoms. The zero-order valence-corrected chi connectivity index (χ0v) is 12.6. The van der Waals surface area contributed by atoms with Gasteiger partial charge in [-0.2, -0.15) is 0 Å². The van der Waals surface area contributed by atoms with E-state index in [2.05, 4.69) is 4.98 Å². The van der Waals surface area contributed by atoms with Crippen molar-refractivity contribution in [1.29, 1.82) is 0 Å². The molecule has 0 fully saturated rings. The number of carbonyl (C=O) groups is 1. The number of carbonyl (C=O) groups excluding carboxylic acids is 1. The number of halogens is 1. The number of nitrogens with two attached hydrogens (primary N) is 1. The number of benzene rings is 1. The Morgan fingerprint density at radius 3 is 2.62 bits per heavy atom. The third-order valence-electron chi connectivity index (χ3n) is 3.34. The highest BCUT2D eigenvalue weighted by Gasteiger charge is 2.20. The molecule has 0 saturated heterocycles. The summed E-state index contributed by atoms with van der Waals surface area (Å²) in [5.74, 6) is -0.331. The predicted molar refractivity (Wildman–Crippen MR) is 83.7 cm³/mol. The van der Waals surface area contributed by atoms with Crippen molar-refractivity contribution in [3.05, 3.63) is 64.9 Å².